The Bertz CT molecular complexity index is 1750. The number of hydrogen-bond acceptors (Lipinski definition) is 6. The average molecular weight is 656 g/mol. The maximum absolute atomic E-state index is 14.0. The zero-order valence-electron chi connectivity index (χ0n) is 25.7. The molecule has 1 saturated heterocycles. The first kappa shape index (κ1) is 32.2. The van der Waals surface area contributed by atoms with Gasteiger partial charge in [-0.25, -0.2) is 14.2 Å². The van der Waals surface area contributed by atoms with Gasteiger partial charge in [0.15, 0.2) is 0 Å². The lowest BCUT2D eigenvalue weighted by atomic mass is 9.84. The van der Waals surface area contributed by atoms with E-state index in [-0.39, 0.29) is 23.1 Å². The number of anilines is 1. The number of methoxy groups -OCH3 is 1. The molecule has 9 nitrogen and oxygen atoms in total. The number of halogens is 2. The van der Waals surface area contributed by atoms with Crippen molar-refractivity contribution in [2.24, 2.45) is 0 Å². The molecular weight excluding hydrogens is 621 g/mol. The summed E-state index contributed by atoms with van der Waals surface area (Å²) >= 11 is 5.92. The number of carbonyl (C=O) groups is 2. The highest BCUT2D eigenvalue weighted by Crippen LogP contribution is 2.30. The van der Waals surface area contributed by atoms with Gasteiger partial charge in [0.2, 0.25) is 5.91 Å². The molecule has 6 rings (SSSR count). The number of benzene rings is 4. The van der Waals surface area contributed by atoms with Gasteiger partial charge in [-0.15, -0.1) is 0 Å². The van der Waals surface area contributed by atoms with Gasteiger partial charge in [-0.2, -0.15) is 0 Å². The largest absolute Gasteiger partial charge is 0.453 e. The Morgan fingerprint density at radius 2 is 1.70 bits per heavy atom. The molecule has 1 aromatic heterocycles. The Kier molecular flexibility index (Phi) is 10.1. The Morgan fingerprint density at radius 1 is 1.02 bits per heavy atom. The summed E-state index contributed by atoms with van der Waals surface area (Å²) in [5.41, 5.74) is 4.52. The summed E-state index contributed by atoms with van der Waals surface area (Å²) in [6, 6.07) is 28.6. The quantitative estimate of drug-likeness (QED) is 0.136. The number of amides is 2. The van der Waals surface area contributed by atoms with Crippen LogP contribution < -0.4 is 16.0 Å². The number of fused-ring (bicyclic) bond motifs is 1. The molecule has 11 heteroatoms. The second kappa shape index (κ2) is 14.8. The monoisotopic (exact) mass is 655 g/mol. The lowest BCUT2D eigenvalue weighted by Gasteiger charge is -2.30. The van der Waals surface area contributed by atoms with E-state index in [4.69, 9.17) is 21.1 Å². The SMILES string of the molecule is COC(=O)NC(C(=O)Nc1ccccc1CC[C@@H]1CN[C@H](c2nc3cc(F)c(Cl)cc3[nH]2)CO1)C(c1ccccc1)c1ccccc1. The molecule has 1 aliphatic heterocycles. The van der Waals surface area contributed by atoms with Crippen molar-refractivity contribution in [3.05, 3.63) is 130 Å². The number of imidazole rings is 1. The number of morpholine rings is 1. The zero-order valence-corrected chi connectivity index (χ0v) is 26.5. The van der Waals surface area contributed by atoms with Crippen LogP contribution in [0.1, 0.15) is 40.9 Å². The number of aromatic amines is 1. The van der Waals surface area contributed by atoms with Crippen LogP contribution in [0.4, 0.5) is 14.9 Å². The van der Waals surface area contributed by atoms with Gasteiger partial charge in [-0.1, -0.05) is 90.5 Å². The number of carbonyl (C=O) groups excluding carboxylic acids is 2. The number of aryl methyl sites for hydroxylation is 1. The highest BCUT2D eigenvalue weighted by atomic mass is 35.5. The second-order valence-electron chi connectivity index (χ2n) is 11.4. The summed E-state index contributed by atoms with van der Waals surface area (Å²) in [4.78, 5) is 34.3. The van der Waals surface area contributed by atoms with Crippen molar-refractivity contribution in [1.29, 1.82) is 0 Å². The first-order valence-corrected chi connectivity index (χ1v) is 15.8. The molecule has 1 fully saturated rings. The third-order valence-corrected chi connectivity index (χ3v) is 8.66. The number of ether oxygens (including phenoxy) is 2. The van der Waals surface area contributed by atoms with Gasteiger partial charge in [0.25, 0.3) is 0 Å². The molecule has 0 aliphatic carbocycles. The van der Waals surface area contributed by atoms with Crippen LogP contribution in [0.2, 0.25) is 5.02 Å². The Balaban J connectivity index is 1.13. The number of aromatic nitrogens is 2. The molecule has 0 radical (unpaired) electrons. The maximum Gasteiger partial charge on any atom is 0.407 e. The van der Waals surface area contributed by atoms with Crippen LogP contribution in [0.5, 0.6) is 0 Å². The van der Waals surface area contributed by atoms with E-state index in [2.05, 4.69) is 25.9 Å². The van der Waals surface area contributed by atoms with Gasteiger partial charge in [0.1, 0.15) is 17.7 Å². The molecular formula is C36H35ClFN5O4. The van der Waals surface area contributed by atoms with Crippen LogP contribution in [0, 0.1) is 5.82 Å². The number of para-hydroxylation sites is 1. The smallest absolute Gasteiger partial charge is 0.407 e. The third-order valence-electron chi connectivity index (χ3n) is 8.37. The van der Waals surface area contributed by atoms with E-state index in [0.717, 1.165) is 16.7 Å². The molecule has 0 spiro atoms. The number of rotatable bonds is 10. The van der Waals surface area contributed by atoms with Gasteiger partial charge < -0.3 is 30.4 Å². The van der Waals surface area contributed by atoms with Crippen LogP contribution in [0.15, 0.2) is 97.1 Å². The van der Waals surface area contributed by atoms with Gasteiger partial charge in [0, 0.05) is 24.2 Å². The van der Waals surface area contributed by atoms with Crippen molar-refractivity contribution >= 4 is 40.3 Å². The van der Waals surface area contributed by atoms with Crippen molar-refractivity contribution in [2.75, 3.05) is 25.6 Å². The van der Waals surface area contributed by atoms with E-state index >= 15 is 0 Å². The number of hydrogen-bond donors (Lipinski definition) is 4. The van der Waals surface area contributed by atoms with E-state index < -0.39 is 23.9 Å². The fraction of sp³-hybridized carbons (Fsp3) is 0.250. The number of alkyl carbamates (subject to hydrolysis) is 1. The molecule has 3 atom stereocenters. The maximum atomic E-state index is 14.0. The molecule has 0 saturated carbocycles. The zero-order chi connectivity index (χ0) is 32.8. The van der Waals surface area contributed by atoms with Crippen LogP contribution in [-0.4, -0.2) is 54.4 Å². The third kappa shape index (κ3) is 7.62. The van der Waals surface area contributed by atoms with Gasteiger partial charge >= 0.3 is 6.09 Å². The summed E-state index contributed by atoms with van der Waals surface area (Å²) < 4.78 is 25.0. The van der Waals surface area contributed by atoms with Crippen LogP contribution in [-0.2, 0) is 20.7 Å². The van der Waals surface area contributed by atoms with Crippen LogP contribution in [0.25, 0.3) is 11.0 Å². The minimum atomic E-state index is -0.964. The molecule has 4 N–H and O–H groups in total. The molecule has 1 unspecified atom stereocenters. The van der Waals surface area contributed by atoms with E-state index in [1.54, 1.807) is 0 Å². The first-order valence-electron chi connectivity index (χ1n) is 15.4. The normalized spacial score (nSPS) is 16.9. The summed E-state index contributed by atoms with van der Waals surface area (Å²) in [6.07, 6.45) is 0.578. The standard InChI is InChI=1S/C36H35ClFN5O4/c1-46-36(45)43-33(32(23-11-4-2-5-12-23)24-13-6-3-7-14-24)35(44)42-28-15-9-8-10-22(28)16-17-25-20-39-31(21-47-25)34-40-29-18-26(37)27(38)19-30(29)41-34/h2-15,18-19,25,31-33,39H,16-17,20-21H2,1H3,(H,40,41)(H,42,44)(H,43,45)/t25-,31+,33?/m1/s1. The first-order chi connectivity index (χ1) is 22.9. The van der Waals surface area contributed by atoms with E-state index in [1.807, 2.05) is 84.9 Å². The Labute approximate surface area is 276 Å². The molecule has 4 aromatic carbocycles. The predicted octanol–water partition coefficient (Wildman–Crippen LogP) is 6.51. The fourth-order valence-electron chi connectivity index (χ4n) is 5.95. The molecule has 2 amide bonds. The Morgan fingerprint density at radius 3 is 2.36 bits per heavy atom. The summed E-state index contributed by atoms with van der Waals surface area (Å²) in [7, 11) is 1.28. The van der Waals surface area contributed by atoms with E-state index in [9.17, 15) is 14.0 Å². The van der Waals surface area contributed by atoms with Gasteiger partial charge in [0.05, 0.1) is 41.9 Å². The van der Waals surface area contributed by atoms with Crippen molar-refractivity contribution in [3.8, 4) is 0 Å². The number of H-pyrrole nitrogens is 1. The second-order valence-corrected chi connectivity index (χ2v) is 11.8. The summed E-state index contributed by atoms with van der Waals surface area (Å²) in [6.45, 7) is 0.979. The topological polar surface area (TPSA) is 117 Å². The van der Waals surface area contributed by atoms with Crippen molar-refractivity contribution in [1.82, 2.24) is 20.6 Å². The van der Waals surface area contributed by atoms with Gasteiger partial charge in [-0.3, -0.25) is 4.79 Å². The summed E-state index contributed by atoms with van der Waals surface area (Å²) in [5, 5.41) is 9.38. The molecule has 1 aliphatic rings. The lowest BCUT2D eigenvalue weighted by Crippen LogP contribution is -2.48. The average Bonchev–Trinajstić information content (AvgIpc) is 3.51. The van der Waals surface area contributed by atoms with E-state index in [1.165, 1.54) is 19.2 Å². The van der Waals surface area contributed by atoms with Crippen molar-refractivity contribution in [2.45, 2.75) is 36.9 Å². The summed E-state index contributed by atoms with van der Waals surface area (Å²) in [5.74, 6) is -0.691. The van der Waals surface area contributed by atoms with Crippen molar-refractivity contribution in [3.63, 3.8) is 0 Å². The highest BCUT2D eigenvalue weighted by Gasteiger charge is 2.33. The van der Waals surface area contributed by atoms with Crippen molar-refractivity contribution < 1.29 is 23.5 Å². The minimum absolute atomic E-state index is 0.0412. The molecule has 0 bridgehead atoms. The molecule has 5 aromatic rings. The molecule has 242 valence electrons. The van der Waals surface area contributed by atoms with Crippen LogP contribution in [0.3, 0.4) is 0 Å². The highest BCUT2D eigenvalue weighted by molar-refractivity contribution is 6.31. The number of nitrogens with zero attached hydrogens (tertiary/aromatic N) is 1. The lowest BCUT2D eigenvalue weighted by molar-refractivity contribution is -0.118. The Hall–Kier alpha value is -4.77. The van der Waals surface area contributed by atoms with Crippen LogP contribution >= 0.6 is 11.6 Å². The molecule has 2 heterocycles. The molecule has 47 heavy (non-hydrogen) atoms. The van der Waals surface area contributed by atoms with Gasteiger partial charge in [-0.05, 0) is 41.7 Å². The fourth-order valence-corrected chi connectivity index (χ4v) is 6.11. The minimum Gasteiger partial charge on any atom is -0.453 e. The van der Waals surface area contributed by atoms with E-state index in [0.29, 0.717) is 48.5 Å². The number of nitrogens with one attached hydrogen (secondary N) is 4. The predicted molar refractivity (Wildman–Crippen MR) is 179 cm³/mol.